The molecule has 0 spiro atoms. The summed E-state index contributed by atoms with van der Waals surface area (Å²) in [5.41, 5.74) is 0. The van der Waals surface area contributed by atoms with Gasteiger partial charge in [0.1, 0.15) is 12.8 Å². The van der Waals surface area contributed by atoms with E-state index in [1.54, 1.807) is 0 Å². The Balaban J connectivity index is 2.91. The molecule has 0 N–H and O–H groups in total. The Morgan fingerprint density at radius 2 is 1.18 bits per heavy atom. The summed E-state index contributed by atoms with van der Waals surface area (Å²) in [5.74, 6) is 0. The molecule has 0 fully saturated rings. The summed E-state index contributed by atoms with van der Waals surface area (Å²) in [6.45, 7) is 2.35. The van der Waals surface area contributed by atoms with Crippen LogP contribution < -0.4 is 0 Å². The van der Waals surface area contributed by atoms with Crippen LogP contribution in [0.5, 0.6) is 0 Å². The van der Waals surface area contributed by atoms with Crippen molar-refractivity contribution in [3.8, 4) is 0 Å². The first-order valence-corrected chi connectivity index (χ1v) is 4.24. The Morgan fingerprint density at radius 3 is 1.45 bits per heavy atom. The van der Waals surface area contributed by atoms with Crippen molar-refractivity contribution in [3.63, 3.8) is 0 Å². The van der Waals surface area contributed by atoms with Gasteiger partial charge in [0.25, 0.3) is 0 Å². The van der Waals surface area contributed by atoms with Crippen molar-refractivity contribution in [1.29, 1.82) is 0 Å². The number of nitrogens with zero attached hydrogens (tertiary/aromatic N) is 2. The van der Waals surface area contributed by atoms with Gasteiger partial charge in [0.05, 0.1) is 6.42 Å². The molecule has 2 nitrogen and oxygen atoms in total. The Bertz CT molecular complexity index is 69.6. The van der Waals surface area contributed by atoms with Crippen molar-refractivity contribution < 1.29 is 0 Å². The van der Waals surface area contributed by atoms with E-state index in [9.17, 15) is 0 Å². The molecule has 66 valence electrons. The lowest BCUT2D eigenvalue weighted by molar-refractivity contribution is 0.390. The van der Waals surface area contributed by atoms with Crippen molar-refractivity contribution in [2.75, 3.05) is 41.3 Å². The van der Waals surface area contributed by atoms with Crippen molar-refractivity contribution >= 4 is 0 Å². The van der Waals surface area contributed by atoms with Crippen LogP contribution in [0, 0.1) is 6.42 Å². The largest absolute Gasteiger partial charge is 0.305 e. The minimum Gasteiger partial charge on any atom is -0.305 e. The summed E-state index contributed by atoms with van der Waals surface area (Å²) >= 11 is 0. The van der Waals surface area contributed by atoms with E-state index in [2.05, 4.69) is 44.4 Å². The first-order valence-electron chi connectivity index (χ1n) is 4.24. The third-order valence-corrected chi connectivity index (χ3v) is 1.56. The fourth-order valence-corrected chi connectivity index (χ4v) is 0.843. The van der Waals surface area contributed by atoms with Gasteiger partial charge in [0, 0.05) is 13.1 Å². The maximum absolute atomic E-state index is 2.36. The Morgan fingerprint density at radius 1 is 0.818 bits per heavy atom. The number of hydrogen-bond acceptors (Lipinski definition) is 2. The van der Waals surface area contributed by atoms with Gasteiger partial charge in [-0.1, -0.05) is 0 Å². The smallest absolute Gasteiger partial charge is 0.100 e. The van der Waals surface area contributed by atoms with Gasteiger partial charge in [-0.25, -0.2) is 0 Å². The summed E-state index contributed by atoms with van der Waals surface area (Å²) in [5, 5.41) is 0. The molecule has 2 heteroatoms. The fourth-order valence-electron chi connectivity index (χ4n) is 0.843. The molecule has 11 heavy (non-hydrogen) atoms. The van der Waals surface area contributed by atoms with Crippen molar-refractivity contribution in [2.24, 2.45) is 0 Å². The normalized spacial score (nSPS) is 11.1. The van der Waals surface area contributed by atoms with Gasteiger partial charge in [-0.05, 0) is 28.2 Å². The zero-order valence-corrected chi connectivity index (χ0v) is 8.30. The summed E-state index contributed by atoms with van der Waals surface area (Å²) < 4.78 is 0. The molecule has 0 aliphatic heterocycles. The average molecular weight is 157 g/mol. The van der Waals surface area contributed by atoms with Crippen molar-refractivity contribution in [1.82, 2.24) is 9.80 Å². The van der Waals surface area contributed by atoms with Crippen LogP contribution in [0.2, 0.25) is 0 Å². The Hall–Kier alpha value is -0.210. The number of unbranched alkanes of at least 4 members (excludes halogenated alkanes) is 2. The molecule has 0 rings (SSSR count). The Kier molecular flexibility index (Phi) is 6.37. The van der Waals surface area contributed by atoms with E-state index < -0.39 is 0 Å². The summed E-state index contributed by atoms with van der Waals surface area (Å²) in [7, 11) is 8.44. The minimum absolute atomic E-state index is 1.17. The predicted molar refractivity (Wildman–Crippen MR) is 50.6 cm³/mol. The van der Waals surface area contributed by atoms with Gasteiger partial charge in [0.15, 0.2) is 0 Å². The van der Waals surface area contributed by atoms with Crippen LogP contribution in [0.1, 0.15) is 12.8 Å². The highest BCUT2D eigenvalue weighted by molar-refractivity contribution is 4.66. The second-order valence-corrected chi connectivity index (χ2v) is 3.47. The molecular weight excluding hydrogens is 136 g/mol. The lowest BCUT2D eigenvalue weighted by atomic mass is 10.2. The maximum atomic E-state index is 2.36. The zero-order chi connectivity index (χ0) is 8.69. The first-order chi connectivity index (χ1) is 5.13. The highest BCUT2D eigenvalue weighted by atomic mass is 15.1. The van der Waals surface area contributed by atoms with Crippen molar-refractivity contribution in [3.05, 3.63) is 6.42 Å². The molecule has 0 saturated carbocycles. The van der Waals surface area contributed by atoms with Crippen LogP contribution in [-0.4, -0.2) is 51.1 Å². The molecule has 0 aliphatic rings. The third kappa shape index (κ3) is 9.79. The van der Waals surface area contributed by atoms with E-state index in [4.69, 9.17) is 0 Å². The molecule has 0 amide bonds. The maximum Gasteiger partial charge on any atom is 0.100 e. The topological polar surface area (TPSA) is 6.48 Å². The van der Waals surface area contributed by atoms with Gasteiger partial charge in [-0.2, -0.15) is 0 Å². The molecule has 0 unspecified atom stereocenters. The second kappa shape index (κ2) is 6.50. The monoisotopic (exact) mass is 157 g/mol. The minimum atomic E-state index is 1.17. The SMILES string of the molecule is CN(C)CC[CH+]CCN(C)C. The van der Waals surface area contributed by atoms with E-state index in [1.807, 2.05) is 0 Å². The highest BCUT2D eigenvalue weighted by Crippen LogP contribution is 1.95. The van der Waals surface area contributed by atoms with Crippen LogP contribution in [0.3, 0.4) is 0 Å². The van der Waals surface area contributed by atoms with Crippen LogP contribution in [0.25, 0.3) is 0 Å². The lowest BCUT2D eigenvalue weighted by Crippen LogP contribution is -2.15. The fraction of sp³-hybridized carbons (Fsp3) is 0.889. The molecule has 0 aliphatic carbocycles. The van der Waals surface area contributed by atoms with Crippen LogP contribution in [0.4, 0.5) is 0 Å². The summed E-state index contributed by atoms with van der Waals surface area (Å²) in [4.78, 5) is 4.43. The van der Waals surface area contributed by atoms with Crippen LogP contribution >= 0.6 is 0 Å². The molecule has 0 radical (unpaired) electrons. The third-order valence-electron chi connectivity index (χ3n) is 1.56. The van der Waals surface area contributed by atoms with Gasteiger partial charge >= 0.3 is 0 Å². The number of rotatable bonds is 6. The molecule has 0 aromatic rings. The number of hydrogen-bond donors (Lipinski definition) is 0. The van der Waals surface area contributed by atoms with E-state index >= 15 is 0 Å². The molecule has 0 aromatic heterocycles. The molecule has 0 bridgehead atoms. The highest BCUT2D eigenvalue weighted by Gasteiger charge is 2.00. The standard InChI is InChI=1S/C9H21N2/c1-10(2)8-6-5-7-9-11(3)4/h5H,6-9H2,1-4H3/q+1. The Labute approximate surface area is 71.2 Å². The average Bonchev–Trinajstić information content (AvgIpc) is 1.85. The van der Waals surface area contributed by atoms with E-state index in [-0.39, 0.29) is 0 Å². The van der Waals surface area contributed by atoms with Gasteiger partial charge in [0.2, 0.25) is 0 Å². The van der Waals surface area contributed by atoms with Gasteiger partial charge < -0.3 is 9.80 Å². The summed E-state index contributed by atoms with van der Waals surface area (Å²) in [6, 6.07) is 0. The molecular formula is C9H21N2+. The second-order valence-electron chi connectivity index (χ2n) is 3.47. The lowest BCUT2D eigenvalue weighted by Gasteiger charge is -2.06. The van der Waals surface area contributed by atoms with Crippen LogP contribution in [0.15, 0.2) is 0 Å². The predicted octanol–water partition coefficient (Wildman–Crippen LogP) is 1.09. The van der Waals surface area contributed by atoms with Gasteiger partial charge in [-0.15, -0.1) is 0 Å². The van der Waals surface area contributed by atoms with Crippen molar-refractivity contribution in [2.45, 2.75) is 12.8 Å². The summed E-state index contributed by atoms with van der Waals surface area (Å²) in [6.07, 6.45) is 4.78. The van der Waals surface area contributed by atoms with E-state index in [1.165, 1.54) is 25.9 Å². The molecule has 0 saturated heterocycles. The molecule has 0 aromatic carbocycles. The van der Waals surface area contributed by atoms with E-state index in [0.29, 0.717) is 0 Å². The molecule has 0 heterocycles. The van der Waals surface area contributed by atoms with E-state index in [0.717, 1.165) is 0 Å². The quantitative estimate of drug-likeness (QED) is 0.421. The van der Waals surface area contributed by atoms with Crippen LogP contribution in [-0.2, 0) is 0 Å². The molecule has 0 atom stereocenters. The first kappa shape index (κ1) is 10.8. The zero-order valence-electron chi connectivity index (χ0n) is 8.30. The van der Waals surface area contributed by atoms with Gasteiger partial charge in [-0.3, -0.25) is 0 Å².